The van der Waals surface area contributed by atoms with Crippen molar-refractivity contribution in [2.24, 2.45) is 0 Å². The van der Waals surface area contributed by atoms with Crippen LogP contribution in [0.5, 0.6) is 0 Å². The van der Waals surface area contributed by atoms with Crippen molar-refractivity contribution in [1.29, 1.82) is 0 Å². The van der Waals surface area contributed by atoms with Gasteiger partial charge in [0.2, 0.25) is 0 Å². The number of aromatic nitrogens is 1. The van der Waals surface area contributed by atoms with E-state index in [1.807, 2.05) is 13.0 Å². The van der Waals surface area contributed by atoms with Crippen LogP contribution in [0, 0.1) is 0 Å². The summed E-state index contributed by atoms with van der Waals surface area (Å²) >= 11 is 3.37. The molecule has 0 amide bonds. The number of hydrogen-bond donors (Lipinski definition) is 2. The first-order valence-electron chi connectivity index (χ1n) is 5.73. The van der Waals surface area contributed by atoms with Crippen LogP contribution in [0.4, 0.5) is 5.69 Å². The number of aliphatic hydroxyl groups excluding tert-OH is 1. The van der Waals surface area contributed by atoms with E-state index in [0.717, 1.165) is 10.2 Å². The molecule has 0 saturated heterocycles. The van der Waals surface area contributed by atoms with Crippen LogP contribution in [-0.4, -0.2) is 16.1 Å². The molecule has 5 heteroatoms. The first-order valence-corrected chi connectivity index (χ1v) is 6.53. The minimum absolute atomic E-state index is 0.112. The molecule has 2 rings (SSSR count). The number of nitrogens with zero attached hydrogens (tertiary/aromatic N) is 1. The van der Waals surface area contributed by atoms with Gasteiger partial charge in [-0.25, -0.2) is 0 Å². The van der Waals surface area contributed by atoms with E-state index in [4.69, 9.17) is 4.42 Å². The SMILES string of the molecule is C[C@H](C[C@H](O)c1ccco1)Nc1cncc(Br)c1. The quantitative estimate of drug-likeness (QED) is 0.889. The Morgan fingerprint density at radius 2 is 2.33 bits per heavy atom. The highest BCUT2D eigenvalue weighted by atomic mass is 79.9. The van der Waals surface area contributed by atoms with Crippen LogP contribution in [0.2, 0.25) is 0 Å². The van der Waals surface area contributed by atoms with Gasteiger partial charge >= 0.3 is 0 Å². The summed E-state index contributed by atoms with van der Waals surface area (Å²) in [5, 5.41) is 13.2. The molecule has 2 heterocycles. The summed E-state index contributed by atoms with van der Waals surface area (Å²) in [5.74, 6) is 0.594. The third-order valence-corrected chi connectivity index (χ3v) is 3.00. The summed E-state index contributed by atoms with van der Waals surface area (Å²) in [6.45, 7) is 2.01. The number of nitrogens with one attached hydrogen (secondary N) is 1. The molecule has 0 fully saturated rings. The molecule has 0 aliphatic heterocycles. The third-order valence-electron chi connectivity index (χ3n) is 2.57. The second-order valence-corrected chi connectivity index (χ2v) is 5.12. The zero-order valence-electron chi connectivity index (χ0n) is 10.0. The summed E-state index contributed by atoms with van der Waals surface area (Å²) in [4.78, 5) is 4.08. The molecule has 18 heavy (non-hydrogen) atoms. The summed E-state index contributed by atoms with van der Waals surface area (Å²) in [6.07, 6.45) is 5.02. The molecular weight excluding hydrogens is 296 g/mol. The Morgan fingerprint density at radius 1 is 1.50 bits per heavy atom. The number of anilines is 1. The molecule has 2 aromatic rings. The second kappa shape index (κ2) is 6.02. The lowest BCUT2D eigenvalue weighted by Crippen LogP contribution is -2.18. The van der Waals surface area contributed by atoms with Crippen molar-refractivity contribution >= 4 is 21.6 Å². The van der Waals surface area contributed by atoms with Gasteiger partial charge in [0, 0.05) is 23.1 Å². The highest BCUT2D eigenvalue weighted by Crippen LogP contribution is 2.21. The Balaban J connectivity index is 1.91. The van der Waals surface area contributed by atoms with Crippen LogP contribution >= 0.6 is 15.9 Å². The van der Waals surface area contributed by atoms with E-state index in [1.54, 1.807) is 30.8 Å². The van der Waals surface area contributed by atoms with Crippen molar-refractivity contribution < 1.29 is 9.52 Å². The smallest absolute Gasteiger partial charge is 0.132 e. The monoisotopic (exact) mass is 310 g/mol. The first kappa shape index (κ1) is 13.1. The molecule has 4 nitrogen and oxygen atoms in total. The summed E-state index contributed by atoms with van der Waals surface area (Å²) in [5.41, 5.74) is 0.920. The van der Waals surface area contributed by atoms with Gasteiger partial charge in [-0.1, -0.05) is 0 Å². The number of furan rings is 1. The number of aliphatic hydroxyl groups is 1. The van der Waals surface area contributed by atoms with Gasteiger partial charge in [0.05, 0.1) is 18.1 Å². The topological polar surface area (TPSA) is 58.3 Å². The number of halogens is 1. The first-order chi connectivity index (χ1) is 8.65. The van der Waals surface area contributed by atoms with Crippen molar-refractivity contribution in [3.63, 3.8) is 0 Å². The molecule has 0 aliphatic rings. The Labute approximate surface area is 114 Å². The van der Waals surface area contributed by atoms with Crippen LogP contribution in [0.25, 0.3) is 0 Å². The van der Waals surface area contributed by atoms with E-state index in [2.05, 4.69) is 26.2 Å². The summed E-state index contributed by atoms with van der Waals surface area (Å²) in [7, 11) is 0. The minimum atomic E-state index is -0.595. The standard InChI is InChI=1S/C13H15BrN2O2/c1-9(5-12(17)13-3-2-4-18-13)16-11-6-10(14)7-15-8-11/h2-4,6-9,12,16-17H,5H2,1H3/t9-,12+/m1/s1. The van der Waals surface area contributed by atoms with Gasteiger partial charge in [-0.3, -0.25) is 4.98 Å². The predicted octanol–water partition coefficient (Wildman–Crippen LogP) is 3.36. The van der Waals surface area contributed by atoms with Crippen molar-refractivity contribution in [2.45, 2.75) is 25.5 Å². The maximum Gasteiger partial charge on any atom is 0.132 e. The Kier molecular flexibility index (Phi) is 4.38. The van der Waals surface area contributed by atoms with E-state index < -0.39 is 6.10 Å². The van der Waals surface area contributed by atoms with E-state index in [-0.39, 0.29) is 6.04 Å². The lowest BCUT2D eigenvalue weighted by Gasteiger charge is -2.17. The molecule has 0 saturated carbocycles. The zero-order valence-corrected chi connectivity index (χ0v) is 11.6. The maximum atomic E-state index is 9.95. The van der Waals surface area contributed by atoms with Crippen LogP contribution in [0.1, 0.15) is 25.2 Å². The molecule has 2 N–H and O–H groups in total. The molecular formula is C13H15BrN2O2. The molecule has 2 atom stereocenters. The van der Waals surface area contributed by atoms with Crippen LogP contribution in [0.3, 0.4) is 0 Å². The number of rotatable bonds is 5. The van der Waals surface area contributed by atoms with Crippen LogP contribution in [-0.2, 0) is 0 Å². The van der Waals surface area contributed by atoms with E-state index >= 15 is 0 Å². The van der Waals surface area contributed by atoms with Gasteiger partial charge in [0.1, 0.15) is 11.9 Å². The van der Waals surface area contributed by atoms with E-state index in [1.165, 1.54) is 0 Å². The van der Waals surface area contributed by atoms with E-state index in [0.29, 0.717) is 12.2 Å². The molecule has 0 unspecified atom stereocenters. The molecule has 0 aliphatic carbocycles. The molecule has 96 valence electrons. The average Bonchev–Trinajstić information content (AvgIpc) is 2.81. The fourth-order valence-electron chi connectivity index (χ4n) is 1.77. The van der Waals surface area contributed by atoms with Gasteiger partial charge in [-0.05, 0) is 41.1 Å². The van der Waals surface area contributed by atoms with Gasteiger partial charge in [0.25, 0.3) is 0 Å². The Bertz CT molecular complexity index is 487. The largest absolute Gasteiger partial charge is 0.467 e. The molecule has 0 bridgehead atoms. The average molecular weight is 311 g/mol. The fraction of sp³-hybridized carbons (Fsp3) is 0.308. The van der Waals surface area contributed by atoms with Crippen molar-refractivity contribution in [3.8, 4) is 0 Å². The molecule has 0 radical (unpaired) electrons. The predicted molar refractivity (Wildman–Crippen MR) is 73.3 cm³/mol. The fourth-order valence-corrected chi connectivity index (χ4v) is 2.13. The maximum absolute atomic E-state index is 9.95. The molecule has 0 spiro atoms. The highest BCUT2D eigenvalue weighted by Gasteiger charge is 2.14. The zero-order chi connectivity index (χ0) is 13.0. The minimum Gasteiger partial charge on any atom is -0.467 e. The summed E-state index contributed by atoms with van der Waals surface area (Å²) < 4.78 is 6.09. The lowest BCUT2D eigenvalue weighted by molar-refractivity contribution is 0.136. The molecule has 0 aromatic carbocycles. The van der Waals surface area contributed by atoms with Crippen LogP contribution < -0.4 is 5.32 Å². The van der Waals surface area contributed by atoms with Crippen LogP contribution in [0.15, 0.2) is 45.7 Å². The van der Waals surface area contributed by atoms with E-state index in [9.17, 15) is 5.11 Å². The third kappa shape index (κ3) is 3.58. The Morgan fingerprint density at radius 3 is 3.00 bits per heavy atom. The highest BCUT2D eigenvalue weighted by molar-refractivity contribution is 9.10. The van der Waals surface area contributed by atoms with Gasteiger partial charge in [-0.15, -0.1) is 0 Å². The molecule has 2 aromatic heterocycles. The number of pyridine rings is 1. The van der Waals surface area contributed by atoms with Gasteiger partial charge < -0.3 is 14.8 Å². The Hall–Kier alpha value is -1.33. The lowest BCUT2D eigenvalue weighted by atomic mass is 10.1. The van der Waals surface area contributed by atoms with Gasteiger partial charge in [0.15, 0.2) is 0 Å². The normalized spacial score (nSPS) is 14.2. The van der Waals surface area contributed by atoms with Crippen molar-refractivity contribution in [3.05, 3.63) is 47.1 Å². The van der Waals surface area contributed by atoms with Gasteiger partial charge in [-0.2, -0.15) is 0 Å². The van der Waals surface area contributed by atoms with Crippen molar-refractivity contribution in [1.82, 2.24) is 4.98 Å². The number of hydrogen-bond acceptors (Lipinski definition) is 4. The van der Waals surface area contributed by atoms with Crippen molar-refractivity contribution in [2.75, 3.05) is 5.32 Å². The summed E-state index contributed by atoms with van der Waals surface area (Å²) in [6, 6.07) is 5.61. The second-order valence-electron chi connectivity index (χ2n) is 4.20.